The third-order valence-electron chi connectivity index (χ3n) is 5.78. The van der Waals surface area contributed by atoms with E-state index >= 15 is 0 Å². The highest BCUT2D eigenvalue weighted by Crippen LogP contribution is 2.31. The highest BCUT2D eigenvalue weighted by molar-refractivity contribution is 6.10. The van der Waals surface area contributed by atoms with Crippen molar-refractivity contribution < 1.29 is 24.2 Å². The van der Waals surface area contributed by atoms with E-state index in [1.165, 1.54) is 12.5 Å². The van der Waals surface area contributed by atoms with Gasteiger partial charge in [-0.15, -0.1) is 0 Å². The van der Waals surface area contributed by atoms with Gasteiger partial charge in [0.25, 0.3) is 5.91 Å². The van der Waals surface area contributed by atoms with E-state index in [1.54, 1.807) is 45.0 Å². The number of piperidine rings is 1. The summed E-state index contributed by atoms with van der Waals surface area (Å²) in [4.78, 5) is 28.5. The van der Waals surface area contributed by atoms with Crippen molar-refractivity contribution in [2.45, 2.75) is 45.6 Å². The first kappa shape index (κ1) is 25.1. The number of nitrogens with zero attached hydrogens (tertiary/aromatic N) is 1. The molecule has 1 fully saturated rings. The molecule has 0 unspecified atom stereocenters. The molecule has 1 amide bonds. The fourth-order valence-corrected chi connectivity index (χ4v) is 4.07. The van der Waals surface area contributed by atoms with Gasteiger partial charge in [0.15, 0.2) is 0 Å². The molecular formula is C29H32N2O5. The van der Waals surface area contributed by atoms with Crippen molar-refractivity contribution in [1.29, 1.82) is 0 Å². The average molecular weight is 489 g/mol. The predicted octanol–water partition coefficient (Wildman–Crippen LogP) is 6.38. The lowest BCUT2D eigenvalue weighted by Crippen LogP contribution is -2.29. The van der Waals surface area contributed by atoms with Crippen LogP contribution in [0.3, 0.4) is 0 Å². The van der Waals surface area contributed by atoms with E-state index in [0.717, 1.165) is 31.6 Å². The SMILES string of the molecule is CC(C)(C)OC(=O)c1ccc(Oc2ccccc2)cc1NC(=O)c1cc(N2CCCCC2)ccc1O. The quantitative estimate of drug-likeness (QED) is 0.391. The van der Waals surface area contributed by atoms with E-state index in [1.807, 2.05) is 36.4 Å². The summed E-state index contributed by atoms with van der Waals surface area (Å²) in [5.41, 5.74) is 0.711. The molecule has 0 aromatic heterocycles. The second-order valence-electron chi connectivity index (χ2n) is 9.83. The summed E-state index contributed by atoms with van der Waals surface area (Å²) >= 11 is 0. The Kier molecular flexibility index (Phi) is 7.48. The highest BCUT2D eigenvalue weighted by atomic mass is 16.6. The number of phenolic OH excluding ortho intramolecular Hbond substituents is 1. The molecule has 7 heteroatoms. The molecule has 3 aromatic rings. The van der Waals surface area contributed by atoms with Crippen LogP contribution in [0.2, 0.25) is 0 Å². The molecule has 1 heterocycles. The molecule has 0 aliphatic carbocycles. The molecule has 0 atom stereocenters. The minimum atomic E-state index is -0.710. The van der Waals surface area contributed by atoms with Gasteiger partial charge in [-0.2, -0.15) is 0 Å². The van der Waals surface area contributed by atoms with Crippen LogP contribution in [0.4, 0.5) is 11.4 Å². The largest absolute Gasteiger partial charge is 0.507 e. The first-order chi connectivity index (χ1) is 17.2. The molecule has 0 radical (unpaired) electrons. The van der Waals surface area contributed by atoms with Gasteiger partial charge in [0.2, 0.25) is 0 Å². The van der Waals surface area contributed by atoms with Crippen LogP contribution in [-0.2, 0) is 4.74 Å². The van der Waals surface area contributed by atoms with Crippen LogP contribution in [0.15, 0.2) is 66.7 Å². The lowest BCUT2D eigenvalue weighted by molar-refractivity contribution is 0.00707. The molecule has 1 aliphatic rings. The molecule has 4 rings (SSSR count). The summed E-state index contributed by atoms with van der Waals surface area (Å²) in [7, 11) is 0. The van der Waals surface area contributed by atoms with Crippen LogP contribution in [0.25, 0.3) is 0 Å². The Bertz CT molecular complexity index is 1230. The molecule has 2 N–H and O–H groups in total. The van der Waals surface area contributed by atoms with Crippen LogP contribution >= 0.6 is 0 Å². The fraction of sp³-hybridized carbons (Fsp3) is 0.310. The number of para-hydroxylation sites is 1. The van der Waals surface area contributed by atoms with Crippen molar-refractivity contribution in [3.05, 3.63) is 77.9 Å². The maximum absolute atomic E-state index is 13.3. The Morgan fingerprint density at radius 2 is 1.58 bits per heavy atom. The number of hydrogen-bond donors (Lipinski definition) is 2. The maximum Gasteiger partial charge on any atom is 0.340 e. The zero-order chi connectivity index (χ0) is 25.7. The van der Waals surface area contributed by atoms with Crippen molar-refractivity contribution in [3.8, 4) is 17.2 Å². The number of anilines is 2. The van der Waals surface area contributed by atoms with Gasteiger partial charge in [-0.25, -0.2) is 4.79 Å². The van der Waals surface area contributed by atoms with Crippen molar-refractivity contribution >= 4 is 23.3 Å². The number of hydrogen-bond acceptors (Lipinski definition) is 6. The van der Waals surface area contributed by atoms with Gasteiger partial charge in [0.1, 0.15) is 22.8 Å². The van der Waals surface area contributed by atoms with E-state index in [9.17, 15) is 14.7 Å². The summed E-state index contributed by atoms with van der Waals surface area (Å²) in [6.07, 6.45) is 3.38. The molecule has 1 saturated heterocycles. The number of esters is 1. The molecule has 0 saturated carbocycles. The molecule has 0 bridgehead atoms. The topological polar surface area (TPSA) is 88.1 Å². The summed E-state index contributed by atoms with van der Waals surface area (Å²) in [5, 5.41) is 13.3. The first-order valence-electron chi connectivity index (χ1n) is 12.2. The molecule has 1 aliphatic heterocycles. The van der Waals surface area contributed by atoms with Crippen LogP contribution in [0.5, 0.6) is 17.2 Å². The fourth-order valence-electron chi connectivity index (χ4n) is 4.07. The minimum absolute atomic E-state index is 0.127. The smallest absolute Gasteiger partial charge is 0.340 e. The Hall–Kier alpha value is -4.00. The summed E-state index contributed by atoms with van der Waals surface area (Å²) < 4.78 is 11.4. The number of carbonyl (C=O) groups excluding carboxylic acids is 2. The number of carbonyl (C=O) groups is 2. The molecule has 0 spiro atoms. The number of rotatable bonds is 6. The van der Waals surface area contributed by atoms with Gasteiger partial charge < -0.3 is 24.8 Å². The monoisotopic (exact) mass is 488 g/mol. The van der Waals surface area contributed by atoms with Gasteiger partial charge in [-0.05, 0) is 82.5 Å². The van der Waals surface area contributed by atoms with Gasteiger partial charge in [0.05, 0.1) is 16.8 Å². The van der Waals surface area contributed by atoms with Crippen LogP contribution in [0.1, 0.15) is 60.7 Å². The van der Waals surface area contributed by atoms with E-state index in [0.29, 0.717) is 11.5 Å². The van der Waals surface area contributed by atoms with E-state index in [-0.39, 0.29) is 22.6 Å². The Morgan fingerprint density at radius 1 is 0.861 bits per heavy atom. The Labute approximate surface area is 211 Å². The zero-order valence-electron chi connectivity index (χ0n) is 20.9. The number of ether oxygens (including phenoxy) is 2. The van der Waals surface area contributed by atoms with Crippen LogP contribution < -0.4 is 15.0 Å². The molecule has 3 aromatic carbocycles. The van der Waals surface area contributed by atoms with Gasteiger partial charge >= 0.3 is 5.97 Å². The number of phenols is 1. The van der Waals surface area contributed by atoms with E-state index < -0.39 is 17.5 Å². The zero-order valence-corrected chi connectivity index (χ0v) is 20.9. The Morgan fingerprint density at radius 3 is 2.28 bits per heavy atom. The molecule has 36 heavy (non-hydrogen) atoms. The summed E-state index contributed by atoms with van der Waals surface area (Å²) in [6, 6.07) is 19.0. The molecule has 7 nitrogen and oxygen atoms in total. The normalized spacial score (nSPS) is 13.7. The first-order valence-corrected chi connectivity index (χ1v) is 12.2. The van der Waals surface area contributed by atoms with Gasteiger partial charge in [0, 0.05) is 24.8 Å². The number of benzene rings is 3. The third-order valence-corrected chi connectivity index (χ3v) is 5.78. The lowest BCUT2D eigenvalue weighted by atomic mass is 10.1. The number of amides is 1. The lowest BCUT2D eigenvalue weighted by Gasteiger charge is -2.29. The van der Waals surface area contributed by atoms with Crippen molar-refractivity contribution in [2.24, 2.45) is 0 Å². The summed E-state index contributed by atoms with van der Waals surface area (Å²) in [6.45, 7) is 7.15. The van der Waals surface area contributed by atoms with E-state index in [4.69, 9.17) is 9.47 Å². The molecular weight excluding hydrogens is 456 g/mol. The highest BCUT2D eigenvalue weighted by Gasteiger charge is 2.23. The van der Waals surface area contributed by atoms with Gasteiger partial charge in [-0.3, -0.25) is 4.79 Å². The Balaban J connectivity index is 1.64. The van der Waals surface area contributed by atoms with Crippen LogP contribution in [-0.4, -0.2) is 35.7 Å². The predicted molar refractivity (Wildman–Crippen MR) is 140 cm³/mol. The average Bonchev–Trinajstić information content (AvgIpc) is 2.84. The maximum atomic E-state index is 13.3. The third kappa shape index (κ3) is 6.36. The van der Waals surface area contributed by atoms with Crippen LogP contribution in [0, 0.1) is 0 Å². The van der Waals surface area contributed by atoms with Crippen molar-refractivity contribution in [3.63, 3.8) is 0 Å². The van der Waals surface area contributed by atoms with E-state index in [2.05, 4.69) is 10.2 Å². The second kappa shape index (κ2) is 10.7. The second-order valence-corrected chi connectivity index (χ2v) is 9.83. The number of aromatic hydroxyl groups is 1. The minimum Gasteiger partial charge on any atom is -0.507 e. The molecule has 188 valence electrons. The van der Waals surface area contributed by atoms with Gasteiger partial charge in [-0.1, -0.05) is 18.2 Å². The standard InChI is InChI=1S/C29H32N2O5/c1-29(2,3)36-28(34)23-14-13-22(35-21-10-6-4-7-11-21)19-25(23)30-27(33)24-18-20(12-15-26(24)32)31-16-8-5-9-17-31/h4,6-7,10-15,18-19,32H,5,8-9,16-17H2,1-3H3,(H,30,33). The van der Waals surface area contributed by atoms with Crippen molar-refractivity contribution in [1.82, 2.24) is 0 Å². The summed E-state index contributed by atoms with van der Waals surface area (Å²) in [5.74, 6) is -0.186. The van der Waals surface area contributed by atoms with Crippen molar-refractivity contribution in [2.75, 3.05) is 23.3 Å². The number of nitrogens with one attached hydrogen (secondary N) is 1.